The molecule has 1 saturated heterocycles. The predicted octanol–water partition coefficient (Wildman–Crippen LogP) is 0.716. The molecular formula is C12H25N3O. The monoisotopic (exact) mass is 227 g/mol. The smallest absolute Gasteiger partial charge is 0.221 e. The van der Waals surface area contributed by atoms with Gasteiger partial charge in [0.1, 0.15) is 0 Å². The lowest BCUT2D eigenvalue weighted by Gasteiger charge is -2.26. The van der Waals surface area contributed by atoms with Crippen molar-refractivity contribution >= 4 is 5.91 Å². The summed E-state index contributed by atoms with van der Waals surface area (Å²) in [6.07, 6.45) is 5.27. The maximum atomic E-state index is 11.4. The van der Waals surface area contributed by atoms with Crippen molar-refractivity contribution in [2.24, 2.45) is 5.73 Å². The van der Waals surface area contributed by atoms with Gasteiger partial charge in [0, 0.05) is 25.6 Å². The molecule has 1 heterocycles. The number of hydrogen-bond acceptors (Lipinski definition) is 3. The Bertz CT molecular complexity index is 202. The average molecular weight is 227 g/mol. The first-order valence-corrected chi connectivity index (χ1v) is 6.47. The number of likely N-dealkylation sites (tertiary alicyclic amines) is 1. The van der Waals surface area contributed by atoms with Gasteiger partial charge in [-0.3, -0.25) is 4.79 Å². The van der Waals surface area contributed by atoms with Crippen molar-refractivity contribution in [2.45, 2.75) is 45.1 Å². The summed E-state index contributed by atoms with van der Waals surface area (Å²) < 4.78 is 0. The molecule has 0 aliphatic carbocycles. The van der Waals surface area contributed by atoms with Crippen LogP contribution >= 0.6 is 0 Å². The molecular weight excluding hydrogens is 202 g/mol. The average Bonchev–Trinajstić information content (AvgIpc) is 2.30. The van der Waals surface area contributed by atoms with Gasteiger partial charge in [-0.2, -0.15) is 0 Å². The van der Waals surface area contributed by atoms with Crippen LogP contribution in [0.1, 0.15) is 39.0 Å². The van der Waals surface area contributed by atoms with Gasteiger partial charge < -0.3 is 16.0 Å². The number of hydrogen-bond donors (Lipinski definition) is 2. The van der Waals surface area contributed by atoms with E-state index in [9.17, 15) is 4.79 Å². The van der Waals surface area contributed by atoms with E-state index in [4.69, 9.17) is 5.73 Å². The molecule has 3 N–H and O–H groups in total. The number of amides is 1. The van der Waals surface area contributed by atoms with Crippen LogP contribution in [0.3, 0.4) is 0 Å². The first-order valence-electron chi connectivity index (χ1n) is 6.47. The minimum Gasteiger partial charge on any atom is -0.355 e. The summed E-state index contributed by atoms with van der Waals surface area (Å²) in [4.78, 5) is 13.9. The Balaban J connectivity index is 2.03. The van der Waals surface area contributed by atoms with E-state index in [-0.39, 0.29) is 11.9 Å². The molecule has 1 fully saturated rings. The summed E-state index contributed by atoms with van der Waals surface area (Å²) in [5.74, 6) is 0.0892. The molecule has 0 aromatic carbocycles. The van der Waals surface area contributed by atoms with Crippen LogP contribution in [0.4, 0.5) is 0 Å². The fourth-order valence-electron chi connectivity index (χ4n) is 1.99. The zero-order valence-corrected chi connectivity index (χ0v) is 10.4. The van der Waals surface area contributed by atoms with Gasteiger partial charge in [0.05, 0.1) is 0 Å². The highest BCUT2D eigenvalue weighted by molar-refractivity contribution is 5.76. The molecule has 94 valence electrons. The van der Waals surface area contributed by atoms with Crippen molar-refractivity contribution in [3.63, 3.8) is 0 Å². The van der Waals surface area contributed by atoms with E-state index < -0.39 is 0 Å². The Hall–Kier alpha value is -0.610. The number of piperidine rings is 1. The minimum absolute atomic E-state index is 0.00925. The molecule has 1 atom stereocenters. The van der Waals surface area contributed by atoms with E-state index in [0.29, 0.717) is 6.42 Å². The number of nitrogens with two attached hydrogens (primary N) is 1. The van der Waals surface area contributed by atoms with Gasteiger partial charge in [-0.15, -0.1) is 0 Å². The first-order chi connectivity index (χ1) is 7.72. The normalized spacial score (nSPS) is 19.4. The lowest BCUT2D eigenvalue weighted by atomic mass is 10.1. The first kappa shape index (κ1) is 13.5. The quantitative estimate of drug-likeness (QED) is 0.703. The fraction of sp³-hybridized carbons (Fsp3) is 0.917. The van der Waals surface area contributed by atoms with Gasteiger partial charge in [0.15, 0.2) is 0 Å². The number of carbonyl (C=O) groups is 1. The number of nitrogens with zero attached hydrogens (tertiary/aromatic N) is 1. The fourth-order valence-corrected chi connectivity index (χ4v) is 1.99. The molecule has 1 amide bonds. The van der Waals surface area contributed by atoms with Crippen molar-refractivity contribution in [2.75, 3.05) is 26.2 Å². The molecule has 0 saturated carbocycles. The largest absolute Gasteiger partial charge is 0.355 e. The molecule has 1 aliphatic heterocycles. The van der Waals surface area contributed by atoms with E-state index in [2.05, 4.69) is 10.2 Å². The molecule has 16 heavy (non-hydrogen) atoms. The summed E-state index contributed by atoms with van der Waals surface area (Å²) in [5, 5.41) is 2.93. The standard InChI is InChI=1S/C12H25N3O/c1-2-11(13)10-12(16)14-6-9-15-7-4-3-5-8-15/h11H,2-10,13H2,1H3,(H,14,16). The molecule has 4 heteroatoms. The van der Waals surface area contributed by atoms with Gasteiger partial charge in [0.25, 0.3) is 0 Å². The van der Waals surface area contributed by atoms with Crippen molar-refractivity contribution < 1.29 is 4.79 Å². The second-order valence-electron chi connectivity index (χ2n) is 4.62. The second-order valence-corrected chi connectivity index (χ2v) is 4.62. The zero-order chi connectivity index (χ0) is 11.8. The lowest BCUT2D eigenvalue weighted by molar-refractivity contribution is -0.121. The third kappa shape index (κ3) is 5.47. The molecule has 0 radical (unpaired) electrons. The summed E-state index contributed by atoms with van der Waals surface area (Å²) in [5.41, 5.74) is 5.72. The van der Waals surface area contributed by atoms with Crippen molar-refractivity contribution in [1.82, 2.24) is 10.2 Å². The Morgan fingerprint density at radius 3 is 2.69 bits per heavy atom. The van der Waals surface area contributed by atoms with E-state index >= 15 is 0 Å². The Labute approximate surface area is 98.6 Å². The summed E-state index contributed by atoms with van der Waals surface area (Å²) in [6.45, 7) is 6.11. The highest BCUT2D eigenvalue weighted by Crippen LogP contribution is 2.07. The number of nitrogens with one attached hydrogen (secondary N) is 1. The lowest BCUT2D eigenvalue weighted by Crippen LogP contribution is -2.39. The van der Waals surface area contributed by atoms with Crippen LogP contribution in [0, 0.1) is 0 Å². The molecule has 4 nitrogen and oxygen atoms in total. The van der Waals surface area contributed by atoms with Gasteiger partial charge in [-0.1, -0.05) is 13.3 Å². The minimum atomic E-state index is 0.00925. The number of carbonyl (C=O) groups excluding carboxylic acids is 1. The van der Waals surface area contributed by atoms with Crippen LogP contribution in [0.5, 0.6) is 0 Å². The summed E-state index contributed by atoms with van der Waals surface area (Å²) in [6, 6.07) is 0.00925. The highest BCUT2D eigenvalue weighted by Gasteiger charge is 2.10. The molecule has 0 aromatic heterocycles. The molecule has 0 aromatic rings. The van der Waals surface area contributed by atoms with Crippen LogP contribution in [-0.4, -0.2) is 43.0 Å². The molecule has 1 rings (SSSR count). The predicted molar refractivity (Wildman–Crippen MR) is 66.2 cm³/mol. The van der Waals surface area contributed by atoms with Crippen LogP contribution in [0.25, 0.3) is 0 Å². The molecule has 0 bridgehead atoms. The molecule has 1 aliphatic rings. The van der Waals surface area contributed by atoms with Crippen molar-refractivity contribution in [1.29, 1.82) is 0 Å². The van der Waals surface area contributed by atoms with E-state index in [1.54, 1.807) is 0 Å². The third-order valence-corrected chi connectivity index (χ3v) is 3.17. The van der Waals surface area contributed by atoms with Crippen LogP contribution in [-0.2, 0) is 4.79 Å². The summed E-state index contributed by atoms with van der Waals surface area (Å²) in [7, 11) is 0. The Morgan fingerprint density at radius 1 is 1.38 bits per heavy atom. The van der Waals surface area contributed by atoms with Gasteiger partial charge in [-0.25, -0.2) is 0 Å². The Kier molecular flexibility index (Phi) is 6.42. The van der Waals surface area contributed by atoms with Gasteiger partial charge >= 0.3 is 0 Å². The number of rotatable bonds is 6. The summed E-state index contributed by atoms with van der Waals surface area (Å²) >= 11 is 0. The van der Waals surface area contributed by atoms with Crippen molar-refractivity contribution in [3.05, 3.63) is 0 Å². The van der Waals surface area contributed by atoms with E-state index in [1.165, 1.54) is 32.4 Å². The SMILES string of the molecule is CCC(N)CC(=O)NCCN1CCCCC1. The molecule has 1 unspecified atom stereocenters. The Morgan fingerprint density at radius 2 is 2.06 bits per heavy atom. The van der Waals surface area contributed by atoms with E-state index in [0.717, 1.165) is 19.5 Å². The maximum Gasteiger partial charge on any atom is 0.221 e. The van der Waals surface area contributed by atoms with Crippen molar-refractivity contribution in [3.8, 4) is 0 Å². The highest BCUT2D eigenvalue weighted by atomic mass is 16.1. The maximum absolute atomic E-state index is 11.4. The van der Waals surface area contributed by atoms with E-state index in [1.807, 2.05) is 6.92 Å². The molecule has 0 spiro atoms. The van der Waals surface area contributed by atoms with Gasteiger partial charge in [0.2, 0.25) is 5.91 Å². The van der Waals surface area contributed by atoms with Crippen LogP contribution < -0.4 is 11.1 Å². The second kappa shape index (κ2) is 7.63. The zero-order valence-electron chi connectivity index (χ0n) is 10.4. The van der Waals surface area contributed by atoms with Gasteiger partial charge in [-0.05, 0) is 32.4 Å². The van der Waals surface area contributed by atoms with Crippen LogP contribution in [0.15, 0.2) is 0 Å². The van der Waals surface area contributed by atoms with Crippen LogP contribution in [0.2, 0.25) is 0 Å². The third-order valence-electron chi connectivity index (χ3n) is 3.17. The topological polar surface area (TPSA) is 58.4 Å².